The van der Waals surface area contributed by atoms with E-state index in [9.17, 15) is 14.4 Å². The van der Waals surface area contributed by atoms with Crippen molar-refractivity contribution in [2.45, 2.75) is 13.8 Å². The third-order valence-corrected chi connectivity index (χ3v) is 3.41. The van der Waals surface area contributed by atoms with Crippen molar-refractivity contribution in [2.75, 3.05) is 13.2 Å². The summed E-state index contributed by atoms with van der Waals surface area (Å²) in [6.07, 6.45) is 2.32. The first-order valence-corrected chi connectivity index (χ1v) is 7.72. The lowest BCUT2D eigenvalue weighted by atomic mass is 10.0. The first-order valence-electron chi connectivity index (χ1n) is 7.34. The van der Waals surface area contributed by atoms with E-state index in [1.54, 1.807) is 26.0 Å². The number of rotatable bonds is 5. The maximum Gasteiger partial charge on any atom is 0.339 e. The SMILES string of the molecule is CCOC(=O)/C=C(/C(=O)OCC)c1c[nH]c2ccc(Cl)cc2c1=O. The van der Waals surface area contributed by atoms with Crippen LogP contribution in [0.4, 0.5) is 0 Å². The number of aromatic nitrogens is 1. The molecule has 24 heavy (non-hydrogen) atoms. The number of esters is 2. The van der Waals surface area contributed by atoms with Crippen LogP contribution in [0, 0.1) is 0 Å². The van der Waals surface area contributed by atoms with Crippen molar-refractivity contribution < 1.29 is 19.1 Å². The predicted molar refractivity (Wildman–Crippen MR) is 90.8 cm³/mol. The van der Waals surface area contributed by atoms with Gasteiger partial charge in [0.2, 0.25) is 0 Å². The summed E-state index contributed by atoms with van der Waals surface area (Å²) in [5.74, 6) is -1.51. The number of H-pyrrole nitrogens is 1. The summed E-state index contributed by atoms with van der Waals surface area (Å²) in [4.78, 5) is 39.5. The molecule has 1 aromatic heterocycles. The van der Waals surface area contributed by atoms with Gasteiger partial charge in [0, 0.05) is 28.2 Å². The van der Waals surface area contributed by atoms with Crippen LogP contribution in [0.25, 0.3) is 16.5 Å². The highest BCUT2D eigenvalue weighted by molar-refractivity contribution is 6.31. The Kier molecular flexibility index (Phi) is 5.76. The fraction of sp³-hybridized carbons (Fsp3) is 0.235. The van der Waals surface area contributed by atoms with Gasteiger partial charge < -0.3 is 14.5 Å². The van der Waals surface area contributed by atoms with Crippen LogP contribution in [0.5, 0.6) is 0 Å². The number of halogens is 1. The minimum atomic E-state index is -0.780. The lowest BCUT2D eigenvalue weighted by Crippen LogP contribution is -2.17. The van der Waals surface area contributed by atoms with E-state index in [-0.39, 0.29) is 24.4 Å². The van der Waals surface area contributed by atoms with Crippen LogP contribution in [-0.4, -0.2) is 30.1 Å². The molecule has 0 aliphatic rings. The molecule has 7 heteroatoms. The summed E-state index contributed by atoms with van der Waals surface area (Å²) in [7, 11) is 0. The number of carbonyl (C=O) groups is 2. The molecule has 0 aliphatic carbocycles. The smallest absolute Gasteiger partial charge is 0.339 e. The zero-order valence-electron chi connectivity index (χ0n) is 13.2. The Morgan fingerprint density at radius 1 is 1.21 bits per heavy atom. The van der Waals surface area contributed by atoms with Gasteiger partial charge in [-0.1, -0.05) is 11.6 Å². The summed E-state index contributed by atoms with van der Waals surface area (Å²) < 4.78 is 9.75. The highest BCUT2D eigenvalue weighted by atomic mass is 35.5. The molecule has 0 saturated heterocycles. The molecule has 2 rings (SSSR count). The molecule has 0 fully saturated rings. The van der Waals surface area contributed by atoms with Gasteiger partial charge in [0.05, 0.1) is 24.4 Å². The monoisotopic (exact) mass is 349 g/mol. The summed E-state index contributed by atoms with van der Waals surface area (Å²) in [5, 5.41) is 0.691. The quantitative estimate of drug-likeness (QED) is 0.662. The van der Waals surface area contributed by atoms with Crippen molar-refractivity contribution in [2.24, 2.45) is 0 Å². The molecule has 1 N–H and O–H groups in total. The second-order valence-corrected chi connectivity index (χ2v) is 5.19. The minimum Gasteiger partial charge on any atom is -0.463 e. The topological polar surface area (TPSA) is 85.5 Å². The second-order valence-electron chi connectivity index (χ2n) is 4.75. The Hall–Kier alpha value is -2.60. The zero-order chi connectivity index (χ0) is 17.7. The fourth-order valence-electron chi connectivity index (χ4n) is 2.15. The van der Waals surface area contributed by atoms with E-state index < -0.39 is 17.4 Å². The Balaban J connectivity index is 2.63. The standard InChI is InChI=1S/C17H16ClNO5/c1-3-23-15(20)8-11(17(22)24-4-2)13-9-19-14-6-5-10(18)7-12(14)16(13)21/h5-9H,3-4H2,1-2H3,(H,19,21)/b11-8+. The third-order valence-electron chi connectivity index (χ3n) is 3.18. The van der Waals surface area contributed by atoms with E-state index in [1.165, 1.54) is 12.3 Å². The van der Waals surface area contributed by atoms with Gasteiger partial charge in [0.25, 0.3) is 0 Å². The maximum atomic E-state index is 12.7. The van der Waals surface area contributed by atoms with Crippen molar-refractivity contribution >= 4 is 40.0 Å². The number of hydrogen-bond donors (Lipinski definition) is 1. The van der Waals surface area contributed by atoms with Crippen molar-refractivity contribution in [1.82, 2.24) is 4.98 Å². The molecule has 0 radical (unpaired) electrons. The molecule has 0 unspecified atom stereocenters. The van der Waals surface area contributed by atoms with Gasteiger partial charge in [-0.05, 0) is 32.0 Å². The van der Waals surface area contributed by atoms with Crippen LogP contribution < -0.4 is 5.43 Å². The van der Waals surface area contributed by atoms with Crippen molar-refractivity contribution in [3.8, 4) is 0 Å². The lowest BCUT2D eigenvalue weighted by molar-refractivity contribution is -0.139. The van der Waals surface area contributed by atoms with Crippen molar-refractivity contribution in [3.05, 3.63) is 51.3 Å². The van der Waals surface area contributed by atoms with Gasteiger partial charge >= 0.3 is 11.9 Å². The van der Waals surface area contributed by atoms with Crippen molar-refractivity contribution in [1.29, 1.82) is 0 Å². The highest BCUT2D eigenvalue weighted by Crippen LogP contribution is 2.19. The number of fused-ring (bicyclic) bond motifs is 1. The summed E-state index contributed by atoms with van der Waals surface area (Å²) in [5.41, 5.74) is -0.0305. The van der Waals surface area contributed by atoms with E-state index in [0.29, 0.717) is 15.9 Å². The molecular weight excluding hydrogens is 334 g/mol. The molecule has 0 saturated carbocycles. The summed E-state index contributed by atoms with van der Waals surface area (Å²) in [6.45, 7) is 3.52. The minimum absolute atomic E-state index is 0.0104. The first kappa shape index (κ1) is 17.7. The van der Waals surface area contributed by atoms with Crippen LogP contribution in [-0.2, 0) is 19.1 Å². The van der Waals surface area contributed by atoms with E-state index >= 15 is 0 Å². The second kappa shape index (κ2) is 7.79. The third kappa shape index (κ3) is 3.83. The predicted octanol–water partition coefficient (Wildman–Crippen LogP) is 2.69. The van der Waals surface area contributed by atoms with E-state index in [4.69, 9.17) is 21.1 Å². The largest absolute Gasteiger partial charge is 0.463 e. The maximum absolute atomic E-state index is 12.7. The first-order chi connectivity index (χ1) is 11.5. The average Bonchev–Trinajstić information content (AvgIpc) is 2.54. The molecule has 0 amide bonds. The van der Waals surface area contributed by atoms with Crippen LogP contribution in [0.3, 0.4) is 0 Å². The molecule has 6 nitrogen and oxygen atoms in total. The molecule has 0 bridgehead atoms. The summed E-state index contributed by atoms with van der Waals surface area (Å²) in [6, 6.07) is 4.79. The van der Waals surface area contributed by atoms with Crippen LogP contribution in [0.15, 0.2) is 35.3 Å². The van der Waals surface area contributed by atoms with Gasteiger partial charge in [-0.15, -0.1) is 0 Å². The van der Waals surface area contributed by atoms with Crippen LogP contribution in [0.2, 0.25) is 5.02 Å². The van der Waals surface area contributed by atoms with E-state index in [0.717, 1.165) is 6.08 Å². The van der Waals surface area contributed by atoms with Gasteiger partial charge in [0.15, 0.2) is 5.43 Å². The van der Waals surface area contributed by atoms with Gasteiger partial charge in [-0.2, -0.15) is 0 Å². The molecule has 0 spiro atoms. The molecule has 2 aromatic rings. The lowest BCUT2D eigenvalue weighted by Gasteiger charge is -2.08. The zero-order valence-corrected chi connectivity index (χ0v) is 14.0. The average molecular weight is 350 g/mol. The number of hydrogen-bond acceptors (Lipinski definition) is 5. The Bertz CT molecular complexity index is 869. The fourth-order valence-corrected chi connectivity index (χ4v) is 2.32. The molecule has 126 valence electrons. The molecular formula is C17H16ClNO5. The summed E-state index contributed by atoms with van der Waals surface area (Å²) >= 11 is 5.93. The highest BCUT2D eigenvalue weighted by Gasteiger charge is 2.20. The number of ether oxygens (including phenoxy) is 2. The van der Waals surface area contributed by atoms with E-state index in [1.807, 2.05) is 0 Å². The molecule has 1 heterocycles. The normalized spacial score (nSPS) is 11.4. The van der Waals surface area contributed by atoms with E-state index in [2.05, 4.69) is 4.98 Å². The number of benzene rings is 1. The number of pyridine rings is 1. The van der Waals surface area contributed by atoms with Crippen LogP contribution in [0.1, 0.15) is 19.4 Å². The molecule has 1 aromatic carbocycles. The Morgan fingerprint density at radius 2 is 1.92 bits per heavy atom. The van der Waals surface area contributed by atoms with Crippen molar-refractivity contribution in [3.63, 3.8) is 0 Å². The number of aromatic amines is 1. The van der Waals surface area contributed by atoms with Gasteiger partial charge in [0.1, 0.15) is 0 Å². The Labute approximate surface area is 143 Å². The molecule has 0 aliphatic heterocycles. The van der Waals surface area contributed by atoms with Gasteiger partial charge in [-0.25, -0.2) is 9.59 Å². The van der Waals surface area contributed by atoms with Crippen LogP contribution >= 0.6 is 11.6 Å². The number of nitrogens with one attached hydrogen (secondary N) is 1. The Morgan fingerprint density at radius 3 is 2.58 bits per heavy atom. The number of carbonyl (C=O) groups excluding carboxylic acids is 2. The van der Waals surface area contributed by atoms with Gasteiger partial charge in [-0.3, -0.25) is 4.79 Å². The molecule has 0 atom stereocenters.